The van der Waals surface area contributed by atoms with E-state index in [1.165, 1.54) is 24.4 Å². The molecule has 1 saturated heterocycles. The summed E-state index contributed by atoms with van der Waals surface area (Å²) in [7, 11) is 0. The lowest BCUT2D eigenvalue weighted by molar-refractivity contribution is 0.0692. The zero-order valence-electron chi connectivity index (χ0n) is 14.9. The van der Waals surface area contributed by atoms with E-state index in [-0.39, 0.29) is 5.91 Å². The summed E-state index contributed by atoms with van der Waals surface area (Å²) in [4.78, 5) is 19.4. The highest BCUT2D eigenvalue weighted by molar-refractivity contribution is 5.92. The van der Waals surface area contributed by atoms with E-state index in [1.54, 1.807) is 6.07 Å². The van der Waals surface area contributed by atoms with Crippen molar-refractivity contribution in [3.63, 3.8) is 0 Å². The predicted octanol–water partition coefficient (Wildman–Crippen LogP) is 3.18. The lowest BCUT2D eigenvalue weighted by Gasteiger charge is -2.32. The molecule has 0 unspecified atom stereocenters. The molecule has 4 heterocycles. The van der Waals surface area contributed by atoms with Gasteiger partial charge in [-0.15, -0.1) is 0 Å². The summed E-state index contributed by atoms with van der Waals surface area (Å²) in [6.07, 6.45) is 9.56. The molecule has 2 aromatic heterocycles. The largest absolute Gasteiger partial charge is 0.361 e. The van der Waals surface area contributed by atoms with Crippen LogP contribution in [0.25, 0.3) is 0 Å². The zero-order chi connectivity index (χ0) is 17.2. The summed E-state index contributed by atoms with van der Waals surface area (Å²) in [5.41, 5.74) is 1.79. The van der Waals surface area contributed by atoms with E-state index in [4.69, 9.17) is 9.51 Å². The van der Waals surface area contributed by atoms with Crippen molar-refractivity contribution in [1.82, 2.24) is 19.6 Å². The molecule has 0 radical (unpaired) electrons. The lowest BCUT2D eigenvalue weighted by Crippen LogP contribution is -2.40. The summed E-state index contributed by atoms with van der Waals surface area (Å²) in [5.74, 6) is 2.27. The van der Waals surface area contributed by atoms with Crippen LogP contribution in [-0.4, -0.2) is 38.6 Å². The number of aryl methyl sites for hydroxylation is 2. The second-order valence-electron chi connectivity index (χ2n) is 7.24. The number of imidazole rings is 1. The quantitative estimate of drug-likeness (QED) is 0.856. The smallest absolute Gasteiger partial charge is 0.276 e. The normalized spacial score (nSPS) is 20.5. The second-order valence-corrected chi connectivity index (χ2v) is 7.24. The van der Waals surface area contributed by atoms with Gasteiger partial charge in [0.05, 0.1) is 0 Å². The Morgan fingerprint density at radius 2 is 2.24 bits per heavy atom. The van der Waals surface area contributed by atoms with Crippen LogP contribution in [0.15, 0.2) is 16.8 Å². The molecule has 0 aliphatic carbocycles. The molecule has 6 heteroatoms. The van der Waals surface area contributed by atoms with Crippen molar-refractivity contribution in [3.8, 4) is 0 Å². The molecule has 25 heavy (non-hydrogen) atoms. The highest BCUT2D eigenvalue weighted by Crippen LogP contribution is 2.29. The number of piperidine rings is 1. The van der Waals surface area contributed by atoms with Crippen molar-refractivity contribution < 1.29 is 9.32 Å². The fourth-order valence-electron chi connectivity index (χ4n) is 4.10. The fourth-order valence-corrected chi connectivity index (χ4v) is 4.10. The molecule has 2 aromatic rings. The first kappa shape index (κ1) is 16.4. The number of hydrogen-bond acceptors (Lipinski definition) is 4. The molecule has 1 atom stereocenters. The van der Waals surface area contributed by atoms with Gasteiger partial charge in [-0.3, -0.25) is 4.79 Å². The minimum atomic E-state index is -0.0128. The maximum absolute atomic E-state index is 12.8. The molecule has 6 nitrogen and oxygen atoms in total. The van der Waals surface area contributed by atoms with Gasteiger partial charge < -0.3 is 14.0 Å². The Morgan fingerprint density at radius 3 is 3.12 bits per heavy atom. The Bertz CT molecular complexity index is 748. The summed E-state index contributed by atoms with van der Waals surface area (Å²) >= 11 is 0. The monoisotopic (exact) mass is 342 g/mol. The summed E-state index contributed by atoms with van der Waals surface area (Å²) in [6, 6.07) is 1.80. The SMILES string of the molecule is CCCc1cc(C(=O)N2CCC[C@H](c3ncc4n3CCCC4)C2)no1. The third-order valence-corrected chi connectivity index (χ3v) is 5.38. The maximum atomic E-state index is 12.8. The van der Waals surface area contributed by atoms with Crippen LogP contribution in [0.2, 0.25) is 0 Å². The van der Waals surface area contributed by atoms with Gasteiger partial charge in [0, 0.05) is 49.9 Å². The Labute approximate surface area is 148 Å². The highest BCUT2D eigenvalue weighted by atomic mass is 16.5. The number of carbonyl (C=O) groups is 1. The van der Waals surface area contributed by atoms with Gasteiger partial charge in [0.1, 0.15) is 11.6 Å². The Morgan fingerprint density at radius 1 is 1.32 bits per heavy atom. The molecule has 0 spiro atoms. The zero-order valence-corrected chi connectivity index (χ0v) is 14.9. The van der Waals surface area contributed by atoms with Gasteiger partial charge in [0.15, 0.2) is 5.69 Å². The predicted molar refractivity (Wildman–Crippen MR) is 93.5 cm³/mol. The number of hydrogen-bond donors (Lipinski definition) is 0. The van der Waals surface area contributed by atoms with E-state index in [0.29, 0.717) is 11.6 Å². The average Bonchev–Trinajstić information content (AvgIpc) is 3.28. The summed E-state index contributed by atoms with van der Waals surface area (Å²) in [6.45, 7) is 4.67. The topological polar surface area (TPSA) is 64.2 Å². The van der Waals surface area contributed by atoms with E-state index in [1.807, 2.05) is 11.1 Å². The first-order valence-corrected chi connectivity index (χ1v) is 9.55. The lowest BCUT2D eigenvalue weighted by atomic mass is 9.96. The van der Waals surface area contributed by atoms with Gasteiger partial charge in [0.25, 0.3) is 5.91 Å². The van der Waals surface area contributed by atoms with Crippen LogP contribution >= 0.6 is 0 Å². The van der Waals surface area contributed by atoms with Crippen molar-refractivity contribution in [3.05, 3.63) is 35.2 Å². The molecule has 4 rings (SSSR count). The molecule has 134 valence electrons. The van der Waals surface area contributed by atoms with Crippen molar-refractivity contribution in [2.45, 2.75) is 64.3 Å². The average molecular weight is 342 g/mol. The Hall–Kier alpha value is -2.11. The number of amides is 1. The van der Waals surface area contributed by atoms with E-state index >= 15 is 0 Å². The third-order valence-electron chi connectivity index (χ3n) is 5.38. The first-order valence-electron chi connectivity index (χ1n) is 9.55. The van der Waals surface area contributed by atoms with Gasteiger partial charge >= 0.3 is 0 Å². The van der Waals surface area contributed by atoms with Gasteiger partial charge in [-0.05, 0) is 38.5 Å². The molecule has 0 bridgehead atoms. The van der Waals surface area contributed by atoms with Crippen LogP contribution in [0.5, 0.6) is 0 Å². The van der Waals surface area contributed by atoms with E-state index in [9.17, 15) is 4.79 Å². The number of nitrogens with zero attached hydrogens (tertiary/aromatic N) is 4. The van der Waals surface area contributed by atoms with E-state index < -0.39 is 0 Å². The van der Waals surface area contributed by atoms with Crippen molar-refractivity contribution in [2.24, 2.45) is 0 Å². The standard InChI is InChI=1S/C19H26N4O2/c1-2-6-16-11-17(21-25-16)19(24)22-9-5-7-14(13-22)18-20-12-15-8-3-4-10-23(15)18/h11-12,14H,2-10,13H2,1H3/t14-/m0/s1. The van der Waals surface area contributed by atoms with Crippen LogP contribution in [-0.2, 0) is 19.4 Å². The molecule has 2 aliphatic heterocycles. The summed E-state index contributed by atoms with van der Waals surface area (Å²) in [5, 5.41) is 3.98. The number of rotatable bonds is 4. The van der Waals surface area contributed by atoms with E-state index in [0.717, 1.165) is 57.5 Å². The van der Waals surface area contributed by atoms with Gasteiger partial charge in [0.2, 0.25) is 0 Å². The highest BCUT2D eigenvalue weighted by Gasteiger charge is 2.30. The molecule has 0 N–H and O–H groups in total. The van der Waals surface area contributed by atoms with Crippen LogP contribution in [0.3, 0.4) is 0 Å². The second kappa shape index (κ2) is 7.02. The third kappa shape index (κ3) is 3.22. The Kier molecular flexibility index (Phi) is 4.59. The minimum Gasteiger partial charge on any atom is -0.361 e. The molecular formula is C19H26N4O2. The molecule has 1 amide bonds. The van der Waals surface area contributed by atoms with Crippen molar-refractivity contribution in [2.75, 3.05) is 13.1 Å². The molecule has 0 saturated carbocycles. The first-order chi connectivity index (χ1) is 12.3. The number of aromatic nitrogens is 3. The van der Waals surface area contributed by atoms with Crippen LogP contribution in [0.4, 0.5) is 0 Å². The van der Waals surface area contributed by atoms with Crippen LogP contribution < -0.4 is 0 Å². The summed E-state index contributed by atoms with van der Waals surface area (Å²) < 4.78 is 7.66. The number of likely N-dealkylation sites (tertiary alicyclic amines) is 1. The molecule has 0 aromatic carbocycles. The van der Waals surface area contributed by atoms with E-state index in [2.05, 4.69) is 16.6 Å². The van der Waals surface area contributed by atoms with Crippen molar-refractivity contribution >= 4 is 5.91 Å². The van der Waals surface area contributed by atoms with Crippen molar-refractivity contribution in [1.29, 1.82) is 0 Å². The van der Waals surface area contributed by atoms with Gasteiger partial charge in [-0.2, -0.15) is 0 Å². The van der Waals surface area contributed by atoms with Gasteiger partial charge in [-0.25, -0.2) is 4.98 Å². The minimum absolute atomic E-state index is 0.0128. The van der Waals surface area contributed by atoms with Gasteiger partial charge in [-0.1, -0.05) is 12.1 Å². The molecular weight excluding hydrogens is 316 g/mol. The fraction of sp³-hybridized carbons (Fsp3) is 0.632. The van der Waals surface area contributed by atoms with Crippen LogP contribution in [0.1, 0.15) is 72.7 Å². The maximum Gasteiger partial charge on any atom is 0.276 e. The molecule has 2 aliphatic rings. The van der Waals surface area contributed by atoms with Crippen LogP contribution in [0, 0.1) is 0 Å². The number of carbonyl (C=O) groups excluding carboxylic acids is 1. The molecule has 1 fully saturated rings. The Balaban J connectivity index is 1.49. The number of fused-ring (bicyclic) bond motifs is 1.